The summed E-state index contributed by atoms with van der Waals surface area (Å²) in [5.41, 5.74) is -0.243. The van der Waals surface area contributed by atoms with Gasteiger partial charge in [0.25, 0.3) is 0 Å². The second-order valence-electron chi connectivity index (χ2n) is 15.5. The van der Waals surface area contributed by atoms with Gasteiger partial charge in [0.05, 0.1) is 13.0 Å². The van der Waals surface area contributed by atoms with Crippen molar-refractivity contribution in [2.24, 2.45) is 57.2 Å². The molecule has 0 aliphatic heterocycles. The third-order valence-corrected chi connectivity index (χ3v) is 13.6. The van der Waals surface area contributed by atoms with Crippen molar-refractivity contribution >= 4 is 29.5 Å². The van der Waals surface area contributed by atoms with Gasteiger partial charge in [-0.2, -0.15) is 0 Å². The van der Waals surface area contributed by atoms with Crippen molar-refractivity contribution in [2.75, 3.05) is 6.61 Å². The molecule has 9 heteroatoms. The zero-order valence-electron chi connectivity index (χ0n) is 27.6. The minimum atomic E-state index is -1.40. The molecule has 5 aliphatic rings. The number of aliphatic carboxylic acids is 1. The number of ketones is 2. The van der Waals surface area contributed by atoms with E-state index in [0.717, 1.165) is 32.1 Å². The van der Waals surface area contributed by atoms with E-state index < -0.39 is 48.2 Å². The highest BCUT2D eigenvalue weighted by atomic mass is 16.5. The van der Waals surface area contributed by atoms with Crippen molar-refractivity contribution in [3.05, 3.63) is 24.3 Å². The number of carbonyl (C=O) groups is 5. The predicted octanol–water partition coefficient (Wildman–Crippen LogP) is 3.75. The molecule has 1 N–H and O–H groups in total. The van der Waals surface area contributed by atoms with E-state index in [1.165, 1.54) is 6.92 Å². The molecule has 0 aromatic heterocycles. The molecular weight excluding hydrogens is 576 g/mol. The second kappa shape index (κ2) is 11.5. The van der Waals surface area contributed by atoms with Crippen LogP contribution in [-0.4, -0.2) is 53.4 Å². The highest BCUT2D eigenvalue weighted by molar-refractivity contribution is 5.98. The van der Waals surface area contributed by atoms with E-state index in [2.05, 4.69) is 33.4 Å². The van der Waals surface area contributed by atoms with Gasteiger partial charge in [-0.05, 0) is 96.0 Å². The first-order valence-electron chi connectivity index (χ1n) is 16.6. The standard InChI is InChI=1S/C36H50O9/c1-19(17-44-29(41)11-10-28(39)40)20(2)31(42)32(43)22(4)30-26(45-23(5)37)16-34(7)27-9-8-24-21(3)25(38)12-13-35(24)18-36(27,35)15-14-33(30,34)6/h12-13,19,21-22,24,26-27,30,32,43H,2,8-11,14-18H2,1,3-7H3,(H,39,40)/p-1/t19-,21-,22-,24?,26-,27?,30-,32+,33+,34-,35+,36-/m0/s1. The van der Waals surface area contributed by atoms with E-state index in [1.54, 1.807) is 6.92 Å². The number of hydrogen-bond donors (Lipinski definition) is 1. The van der Waals surface area contributed by atoms with Crippen LogP contribution in [0, 0.1) is 57.2 Å². The molecule has 5 aliphatic carbocycles. The van der Waals surface area contributed by atoms with Gasteiger partial charge in [0, 0.05) is 30.6 Å². The summed E-state index contributed by atoms with van der Waals surface area (Å²) in [4.78, 5) is 61.1. The number of carboxylic acid groups (broad SMARTS) is 1. The molecule has 0 saturated heterocycles. The molecule has 0 heterocycles. The number of rotatable bonds is 11. The zero-order chi connectivity index (χ0) is 33.3. The maximum Gasteiger partial charge on any atom is 0.306 e. The zero-order valence-corrected chi connectivity index (χ0v) is 27.6. The summed E-state index contributed by atoms with van der Waals surface area (Å²) in [6, 6.07) is 0. The van der Waals surface area contributed by atoms with Crippen molar-refractivity contribution in [1.82, 2.24) is 0 Å². The van der Waals surface area contributed by atoms with Crippen molar-refractivity contribution in [2.45, 2.75) is 105 Å². The molecule has 45 heavy (non-hydrogen) atoms. The van der Waals surface area contributed by atoms with Gasteiger partial charge in [-0.15, -0.1) is 0 Å². The predicted molar refractivity (Wildman–Crippen MR) is 162 cm³/mol. The van der Waals surface area contributed by atoms with E-state index in [4.69, 9.17) is 9.47 Å². The number of allylic oxidation sites excluding steroid dienone is 2. The highest BCUT2D eigenvalue weighted by Gasteiger charge is 2.81. The number of fused-ring (bicyclic) bond motifs is 2. The number of carboxylic acids is 1. The fourth-order valence-corrected chi connectivity index (χ4v) is 11.1. The molecule has 2 unspecified atom stereocenters. The molecule has 9 nitrogen and oxygen atoms in total. The van der Waals surface area contributed by atoms with Crippen LogP contribution >= 0.6 is 0 Å². The van der Waals surface area contributed by atoms with Crippen LogP contribution in [0.3, 0.4) is 0 Å². The number of hydrogen-bond acceptors (Lipinski definition) is 9. The molecule has 0 radical (unpaired) electrons. The van der Waals surface area contributed by atoms with Crippen LogP contribution in [0.1, 0.15) is 92.9 Å². The fraction of sp³-hybridized carbons (Fsp3) is 0.750. The van der Waals surface area contributed by atoms with Gasteiger partial charge in [-0.3, -0.25) is 19.2 Å². The molecule has 0 aromatic rings. The van der Waals surface area contributed by atoms with Crippen molar-refractivity contribution in [3.63, 3.8) is 0 Å². The molecule has 12 atom stereocenters. The molecule has 5 rings (SSSR count). The Hall–Kier alpha value is -2.81. The third-order valence-electron chi connectivity index (χ3n) is 13.6. The summed E-state index contributed by atoms with van der Waals surface area (Å²) in [6.07, 6.45) is 7.02. The van der Waals surface area contributed by atoms with Crippen LogP contribution < -0.4 is 5.11 Å². The average molecular weight is 626 g/mol. The van der Waals surface area contributed by atoms with Gasteiger partial charge in [-0.1, -0.05) is 47.3 Å². The topological polar surface area (TPSA) is 147 Å². The van der Waals surface area contributed by atoms with E-state index in [0.29, 0.717) is 18.3 Å². The summed E-state index contributed by atoms with van der Waals surface area (Å²) >= 11 is 0. The van der Waals surface area contributed by atoms with Crippen LogP contribution in [0.2, 0.25) is 0 Å². The molecule has 0 amide bonds. The summed E-state index contributed by atoms with van der Waals surface area (Å²) in [7, 11) is 0. The van der Waals surface area contributed by atoms with Gasteiger partial charge >= 0.3 is 11.9 Å². The highest BCUT2D eigenvalue weighted by Crippen LogP contribution is 2.87. The van der Waals surface area contributed by atoms with E-state index in [9.17, 15) is 34.2 Å². The van der Waals surface area contributed by atoms with Crippen molar-refractivity contribution in [3.8, 4) is 0 Å². The first kappa shape index (κ1) is 33.6. The van der Waals surface area contributed by atoms with E-state index in [-0.39, 0.29) is 63.8 Å². The Bertz CT molecular complexity index is 1330. The second-order valence-corrected chi connectivity index (χ2v) is 15.5. The number of Topliss-reactive ketones (excluding diaryl/α,β-unsaturated/α-hetero) is 1. The van der Waals surface area contributed by atoms with Crippen LogP contribution in [-0.2, 0) is 33.4 Å². The van der Waals surface area contributed by atoms with Crippen LogP contribution in [0.4, 0.5) is 0 Å². The van der Waals surface area contributed by atoms with Crippen molar-refractivity contribution in [1.29, 1.82) is 0 Å². The fourth-order valence-electron chi connectivity index (χ4n) is 11.1. The molecule has 0 bridgehead atoms. The lowest BCUT2D eigenvalue weighted by molar-refractivity contribution is -0.305. The number of esters is 2. The SMILES string of the molecule is C=C(C(=O)[C@H](O)[C@@H](C)[C@H]1[C@@H](OC(C)=O)C[C@@]2(C)C3CCC4[C@H](C)C(=O)C=C[C@@]45C[C@@]35CC[C@]12C)[C@@H](C)COC(=O)CCC(=O)[O-]. The number of ether oxygens (including phenoxy) is 2. The normalized spacial score (nSPS) is 41.3. The largest absolute Gasteiger partial charge is 0.550 e. The maximum absolute atomic E-state index is 13.6. The summed E-state index contributed by atoms with van der Waals surface area (Å²) in [5.74, 6) is -3.41. The first-order valence-corrected chi connectivity index (χ1v) is 16.6. The monoisotopic (exact) mass is 625 g/mol. The lowest BCUT2D eigenvalue weighted by Gasteiger charge is -2.61. The van der Waals surface area contributed by atoms with Gasteiger partial charge in [0.1, 0.15) is 12.2 Å². The lowest BCUT2D eigenvalue weighted by atomic mass is 9.43. The molecule has 4 saturated carbocycles. The Morgan fingerprint density at radius 3 is 2.44 bits per heavy atom. The first-order chi connectivity index (χ1) is 21.0. The minimum Gasteiger partial charge on any atom is -0.550 e. The Morgan fingerprint density at radius 2 is 1.80 bits per heavy atom. The van der Waals surface area contributed by atoms with Gasteiger partial charge in [-0.25, -0.2) is 0 Å². The van der Waals surface area contributed by atoms with Crippen LogP contribution in [0.5, 0.6) is 0 Å². The maximum atomic E-state index is 13.6. The third kappa shape index (κ3) is 5.03. The molecule has 2 spiro atoms. The van der Waals surface area contributed by atoms with Gasteiger partial charge in [0.2, 0.25) is 0 Å². The summed E-state index contributed by atoms with van der Waals surface area (Å²) < 4.78 is 11.2. The molecule has 4 fully saturated rings. The van der Waals surface area contributed by atoms with E-state index in [1.807, 2.05) is 13.0 Å². The van der Waals surface area contributed by atoms with Gasteiger partial charge in [0.15, 0.2) is 11.6 Å². The molecule has 248 valence electrons. The molecular formula is C36H49O9-. The lowest BCUT2D eigenvalue weighted by Crippen LogP contribution is -2.56. The van der Waals surface area contributed by atoms with Gasteiger partial charge < -0.3 is 24.5 Å². The Kier molecular flexibility index (Phi) is 8.55. The Balaban J connectivity index is 1.36. The van der Waals surface area contributed by atoms with Crippen molar-refractivity contribution < 1.29 is 43.7 Å². The number of aliphatic hydroxyl groups is 1. The number of aliphatic hydroxyl groups excluding tert-OH is 1. The minimum absolute atomic E-state index is 0.0313. The summed E-state index contributed by atoms with van der Waals surface area (Å²) in [5, 5.41) is 22.2. The van der Waals surface area contributed by atoms with Crippen LogP contribution in [0.15, 0.2) is 24.3 Å². The number of carbonyl (C=O) groups excluding carboxylic acids is 5. The quantitative estimate of drug-likeness (QED) is 0.268. The van der Waals surface area contributed by atoms with Crippen LogP contribution in [0.25, 0.3) is 0 Å². The average Bonchev–Trinajstić information content (AvgIpc) is 3.59. The Labute approximate surface area is 266 Å². The van der Waals surface area contributed by atoms with E-state index >= 15 is 0 Å². The smallest absolute Gasteiger partial charge is 0.306 e. The Morgan fingerprint density at radius 1 is 1.11 bits per heavy atom. The summed E-state index contributed by atoms with van der Waals surface area (Å²) in [6.45, 7) is 15.3. The molecule has 0 aromatic carbocycles.